The van der Waals surface area contributed by atoms with E-state index in [2.05, 4.69) is 48.3 Å². The summed E-state index contributed by atoms with van der Waals surface area (Å²) >= 11 is 1.15. The highest BCUT2D eigenvalue weighted by molar-refractivity contribution is 8.13. The lowest BCUT2D eigenvalue weighted by atomic mass is 9.87. The van der Waals surface area contributed by atoms with Gasteiger partial charge in [-0.05, 0) is 5.92 Å². The Bertz CT molecular complexity index is 1890. The monoisotopic (exact) mass is 935 g/mol. The second kappa shape index (κ2) is 23.3. The van der Waals surface area contributed by atoms with E-state index in [1.165, 1.54) is 33.1 Å². The molecule has 0 aromatic carbocycles. The van der Waals surface area contributed by atoms with E-state index in [4.69, 9.17) is 19.5 Å². The number of phosphoric ester groups is 3. The molecule has 1 saturated heterocycles. The maximum Gasteiger partial charge on any atom is 0.481 e. The van der Waals surface area contributed by atoms with E-state index in [9.17, 15) is 57.9 Å². The number of nitrogens with zero attached hydrogens (tertiary/aromatic N) is 4. The van der Waals surface area contributed by atoms with Crippen LogP contribution in [0.25, 0.3) is 11.2 Å². The van der Waals surface area contributed by atoms with Crippen molar-refractivity contribution >= 4 is 69.1 Å². The Balaban J connectivity index is 1.42. The average molecular weight is 936 g/mol. The van der Waals surface area contributed by atoms with Gasteiger partial charge in [0.05, 0.1) is 19.5 Å². The maximum atomic E-state index is 12.7. The molecule has 3 rings (SSSR count). The van der Waals surface area contributed by atoms with Crippen LogP contribution in [0.3, 0.4) is 0 Å². The molecule has 2 aromatic heterocycles. The normalized spacial score (nSPS) is 21.6. The first kappa shape index (κ1) is 51.9. The fourth-order valence-electron chi connectivity index (χ4n) is 5.84. The first-order valence-corrected chi connectivity index (χ1v) is 24.5. The third kappa shape index (κ3) is 17.0. The van der Waals surface area contributed by atoms with Crippen LogP contribution in [0.1, 0.15) is 85.3 Å². The summed E-state index contributed by atoms with van der Waals surface area (Å²) in [5.74, 6) is -0.746. The number of phosphoric acid groups is 3. The molecule has 10 N–H and O–H groups in total. The lowest BCUT2D eigenvalue weighted by Crippen LogP contribution is -2.46. The first-order chi connectivity index (χ1) is 27.9. The molecule has 0 spiro atoms. The Morgan fingerprint density at radius 1 is 1.02 bits per heavy atom. The lowest BCUT2D eigenvalue weighted by molar-refractivity contribution is -0.137. The molecule has 0 bridgehead atoms. The van der Waals surface area contributed by atoms with Gasteiger partial charge in [-0.3, -0.25) is 32.5 Å². The van der Waals surface area contributed by atoms with Crippen LogP contribution in [0.5, 0.6) is 0 Å². The molecule has 28 heteroatoms. The van der Waals surface area contributed by atoms with Crippen molar-refractivity contribution in [2.24, 2.45) is 11.3 Å². The van der Waals surface area contributed by atoms with Crippen LogP contribution in [0.4, 0.5) is 5.82 Å². The molecule has 2 aromatic rings. The molecule has 8 atom stereocenters. The third-order valence-electron chi connectivity index (χ3n) is 9.08. The quantitative estimate of drug-likeness (QED) is 0.0457. The molecule has 0 saturated carbocycles. The molecule has 2 amide bonds. The Hall–Kier alpha value is -2.44. The van der Waals surface area contributed by atoms with E-state index in [-0.39, 0.29) is 41.6 Å². The highest BCUT2D eigenvalue weighted by atomic mass is 32.2. The Morgan fingerprint density at radius 2 is 1.70 bits per heavy atom. The summed E-state index contributed by atoms with van der Waals surface area (Å²) in [6.07, 6.45) is 0.441. The average Bonchev–Trinajstić information content (AvgIpc) is 3.71. The van der Waals surface area contributed by atoms with Crippen LogP contribution in [0.15, 0.2) is 12.7 Å². The van der Waals surface area contributed by atoms with Gasteiger partial charge in [0, 0.05) is 37.1 Å². The minimum Gasteiger partial charge on any atom is -0.386 e. The van der Waals surface area contributed by atoms with E-state index in [1.54, 1.807) is 0 Å². The summed E-state index contributed by atoms with van der Waals surface area (Å²) in [4.78, 5) is 88.2. The molecule has 8 unspecified atom stereocenters. The number of nitrogens with one attached hydrogen (secondary N) is 2. The molecule has 3 heterocycles. The number of hydrogen-bond acceptors (Lipinski definition) is 18. The zero-order valence-electron chi connectivity index (χ0n) is 33.6. The molecular weight excluding hydrogens is 879 g/mol. The smallest absolute Gasteiger partial charge is 0.386 e. The zero-order valence-corrected chi connectivity index (χ0v) is 37.1. The summed E-state index contributed by atoms with van der Waals surface area (Å²) in [5, 5.41) is 26.6. The second-order valence-corrected chi connectivity index (χ2v) is 20.2. The highest BCUT2D eigenvalue weighted by Crippen LogP contribution is 2.61. The number of aliphatic hydroxyl groups is 2. The van der Waals surface area contributed by atoms with Gasteiger partial charge in [0.2, 0.25) is 11.8 Å². The van der Waals surface area contributed by atoms with Crippen molar-refractivity contribution in [1.82, 2.24) is 30.2 Å². The summed E-state index contributed by atoms with van der Waals surface area (Å²) < 4.78 is 62.3. The molecular formula is C32H56N7O17P3S. The summed E-state index contributed by atoms with van der Waals surface area (Å²) in [6, 6.07) is 0. The molecule has 60 heavy (non-hydrogen) atoms. The molecule has 342 valence electrons. The van der Waals surface area contributed by atoms with Crippen LogP contribution >= 0.6 is 35.2 Å². The van der Waals surface area contributed by atoms with Crippen molar-refractivity contribution in [1.29, 1.82) is 0 Å². The minimum absolute atomic E-state index is 0.0327. The van der Waals surface area contributed by atoms with Gasteiger partial charge in [-0.1, -0.05) is 78.0 Å². The Kier molecular flexibility index (Phi) is 20.2. The number of fused-ring (bicyclic) bond motifs is 1. The van der Waals surface area contributed by atoms with Crippen molar-refractivity contribution in [3.8, 4) is 0 Å². The molecule has 1 fully saturated rings. The maximum absolute atomic E-state index is 12.7. The minimum atomic E-state index is -5.57. The predicted octanol–water partition coefficient (Wildman–Crippen LogP) is 2.05. The number of nitrogens with two attached hydrogens (primary N) is 1. The Labute approximate surface area is 350 Å². The predicted molar refractivity (Wildman–Crippen MR) is 214 cm³/mol. The number of imidazole rings is 1. The van der Waals surface area contributed by atoms with Crippen molar-refractivity contribution < 1.29 is 80.5 Å². The first-order valence-electron chi connectivity index (χ1n) is 19.0. The number of amides is 2. The SMILES string of the molecule is CCCCCCCC(C)CC(=O)SCCNC(=O)CCNC(=O)C(O)C(C)(C)COP(=O)(O)OP(=O)(O)OCC1OC(n2cnc3c(N)ncnc32)C(O)C1OP(=O)(O)O. The number of carbonyl (C=O) groups is 3. The van der Waals surface area contributed by atoms with Crippen LogP contribution in [0.2, 0.25) is 0 Å². The van der Waals surface area contributed by atoms with Gasteiger partial charge in [0.25, 0.3) is 0 Å². The standard InChI is InChI=1S/C32H56N7O17P3S/c1-5-6-7-8-9-10-20(2)15-23(41)60-14-13-34-22(40)11-12-35-30(44)27(43)32(3,4)17-53-59(50,51)56-58(48,49)52-16-21-26(55-57(45,46)47)25(42)31(54-21)39-19-38-24-28(33)36-18-37-29(24)39/h18-21,25-27,31,42-43H,5-17H2,1-4H3,(H,34,40)(H,35,44)(H,48,49)(H,50,51)(H2,33,36,37)(H2,45,46,47). The van der Waals surface area contributed by atoms with Gasteiger partial charge in [-0.15, -0.1) is 0 Å². The molecule has 0 radical (unpaired) electrons. The topological polar surface area (TPSA) is 364 Å². The van der Waals surface area contributed by atoms with Crippen molar-refractivity contribution in [3.63, 3.8) is 0 Å². The number of ether oxygens (including phenoxy) is 1. The molecule has 1 aliphatic heterocycles. The number of anilines is 1. The van der Waals surface area contributed by atoms with E-state index < -0.39 is 84.6 Å². The summed E-state index contributed by atoms with van der Waals surface area (Å²) in [5.41, 5.74) is 4.28. The third-order valence-corrected chi connectivity index (χ3v) is 13.1. The van der Waals surface area contributed by atoms with Gasteiger partial charge in [-0.2, -0.15) is 4.31 Å². The van der Waals surface area contributed by atoms with Crippen molar-refractivity contribution in [3.05, 3.63) is 12.7 Å². The van der Waals surface area contributed by atoms with Crippen LogP contribution in [0, 0.1) is 11.3 Å². The Morgan fingerprint density at radius 3 is 2.38 bits per heavy atom. The highest BCUT2D eigenvalue weighted by Gasteiger charge is 2.50. The number of aliphatic hydroxyl groups excluding tert-OH is 2. The van der Waals surface area contributed by atoms with Crippen LogP contribution in [-0.4, -0.2) is 123 Å². The summed E-state index contributed by atoms with van der Waals surface area (Å²) in [6.45, 7) is 4.78. The fourth-order valence-corrected chi connectivity index (χ4v) is 9.50. The second-order valence-electron chi connectivity index (χ2n) is 14.8. The van der Waals surface area contributed by atoms with E-state index >= 15 is 0 Å². The summed E-state index contributed by atoms with van der Waals surface area (Å²) in [7, 11) is -16.4. The number of aromatic nitrogens is 4. The van der Waals surface area contributed by atoms with E-state index in [1.807, 2.05) is 0 Å². The van der Waals surface area contributed by atoms with Gasteiger partial charge in [0.1, 0.15) is 36.3 Å². The van der Waals surface area contributed by atoms with Gasteiger partial charge in [0.15, 0.2) is 22.8 Å². The van der Waals surface area contributed by atoms with Gasteiger partial charge in [-0.25, -0.2) is 28.6 Å². The number of hydrogen-bond donors (Lipinski definition) is 9. The number of unbranched alkanes of at least 4 members (excludes halogenated alkanes) is 4. The van der Waals surface area contributed by atoms with Crippen molar-refractivity contribution in [2.45, 2.75) is 110 Å². The molecule has 0 aliphatic carbocycles. The number of rotatable bonds is 27. The fraction of sp³-hybridized carbons (Fsp3) is 0.750. The van der Waals surface area contributed by atoms with Crippen LogP contribution < -0.4 is 16.4 Å². The lowest BCUT2D eigenvalue weighted by Gasteiger charge is -2.30. The largest absolute Gasteiger partial charge is 0.481 e. The van der Waals surface area contributed by atoms with Crippen molar-refractivity contribution in [2.75, 3.05) is 37.8 Å². The van der Waals surface area contributed by atoms with Crippen LogP contribution in [-0.2, 0) is 50.7 Å². The number of carbonyl (C=O) groups excluding carboxylic acids is 3. The molecule has 24 nitrogen and oxygen atoms in total. The van der Waals surface area contributed by atoms with E-state index in [0.29, 0.717) is 18.1 Å². The number of thioether (sulfide) groups is 1. The zero-order chi connectivity index (χ0) is 44.9. The van der Waals surface area contributed by atoms with Gasteiger partial charge < -0.3 is 50.9 Å². The molecule has 1 aliphatic rings. The van der Waals surface area contributed by atoms with E-state index in [0.717, 1.165) is 48.2 Å². The number of nitrogen functional groups attached to an aromatic ring is 1. The van der Waals surface area contributed by atoms with Gasteiger partial charge >= 0.3 is 23.5 Å².